The Morgan fingerprint density at radius 2 is 2.00 bits per heavy atom. The van der Waals surface area contributed by atoms with E-state index in [1.54, 1.807) is 26.8 Å². The topological polar surface area (TPSA) is 71.7 Å². The second kappa shape index (κ2) is 7.07. The van der Waals surface area contributed by atoms with Crippen molar-refractivity contribution in [3.05, 3.63) is 37.0 Å². The van der Waals surface area contributed by atoms with Crippen LogP contribution in [-0.2, 0) is 9.57 Å². The normalized spacial score (nSPS) is 12.3. The minimum absolute atomic E-state index is 0.0873. The first kappa shape index (κ1) is 15.6. The average Bonchev–Trinajstić information content (AvgIpc) is 2.25. The zero-order chi connectivity index (χ0) is 14.2. The largest absolute Gasteiger partial charge is 0.535 e. The smallest absolute Gasteiger partial charge is 0.427 e. The van der Waals surface area contributed by atoms with Crippen molar-refractivity contribution in [2.75, 3.05) is 0 Å². The first-order chi connectivity index (χ1) is 8.34. The molecule has 0 N–H and O–H groups in total. The van der Waals surface area contributed by atoms with E-state index < -0.39 is 11.8 Å². The molecule has 0 unspecified atom stereocenters. The fourth-order valence-electron chi connectivity index (χ4n) is 0.860. The second-order valence-corrected chi connectivity index (χ2v) is 4.17. The van der Waals surface area contributed by atoms with Crippen LogP contribution in [0.3, 0.4) is 0 Å². The molecule has 5 heteroatoms. The molecular weight excluding hydrogens is 232 g/mol. The van der Waals surface area contributed by atoms with Crippen LogP contribution in [0.2, 0.25) is 0 Å². The van der Waals surface area contributed by atoms with Crippen LogP contribution in [0.15, 0.2) is 42.1 Å². The van der Waals surface area contributed by atoms with Crippen LogP contribution in [0.5, 0.6) is 0 Å². The Hall–Kier alpha value is -2.35. The van der Waals surface area contributed by atoms with Gasteiger partial charge in [0.2, 0.25) is 0 Å². The molecule has 0 aromatic carbocycles. The Morgan fingerprint density at radius 1 is 1.39 bits per heavy atom. The lowest BCUT2D eigenvalue weighted by Crippen LogP contribution is -2.23. The third-order valence-electron chi connectivity index (χ3n) is 1.50. The van der Waals surface area contributed by atoms with E-state index in [1.165, 1.54) is 18.2 Å². The fraction of sp³-hybridized carbons (Fsp3) is 0.308. The fourth-order valence-corrected chi connectivity index (χ4v) is 0.860. The van der Waals surface area contributed by atoms with Gasteiger partial charge in [0.1, 0.15) is 11.7 Å². The van der Waals surface area contributed by atoms with Crippen molar-refractivity contribution in [1.29, 1.82) is 5.26 Å². The van der Waals surface area contributed by atoms with E-state index in [4.69, 9.17) is 10.00 Å². The van der Waals surface area contributed by atoms with Gasteiger partial charge in [-0.15, -0.1) is 0 Å². The van der Waals surface area contributed by atoms with Gasteiger partial charge in [0.25, 0.3) is 0 Å². The zero-order valence-electron chi connectivity index (χ0n) is 10.8. The number of nitrogens with zero attached hydrogens (tertiary/aromatic N) is 2. The predicted molar refractivity (Wildman–Crippen MR) is 68.8 cm³/mol. The van der Waals surface area contributed by atoms with E-state index >= 15 is 0 Å². The van der Waals surface area contributed by atoms with E-state index in [9.17, 15) is 4.79 Å². The number of ether oxygens (including phenoxy) is 1. The van der Waals surface area contributed by atoms with Crippen LogP contribution in [0, 0.1) is 11.3 Å². The van der Waals surface area contributed by atoms with Gasteiger partial charge in [-0.05, 0) is 20.8 Å². The molecule has 0 aromatic rings. The Bertz CT molecular complexity index is 434. The van der Waals surface area contributed by atoms with Gasteiger partial charge in [0.15, 0.2) is 5.71 Å². The predicted octanol–water partition coefficient (Wildman–Crippen LogP) is 3.12. The summed E-state index contributed by atoms with van der Waals surface area (Å²) < 4.78 is 4.86. The summed E-state index contributed by atoms with van der Waals surface area (Å²) in [7, 11) is 0. The van der Waals surface area contributed by atoms with Gasteiger partial charge >= 0.3 is 6.16 Å². The SMILES string of the molecule is C=C/C=C(C=C)/C(C#N)=N/OC(=O)OC(C)(C)C. The summed E-state index contributed by atoms with van der Waals surface area (Å²) in [6.45, 7) is 12.1. The summed E-state index contributed by atoms with van der Waals surface area (Å²) in [5.74, 6) is 0. The van der Waals surface area contributed by atoms with Crippen molar-refractivity contribution in [3.63, 3.8) is 0 Å². The molecule has 0 aliphatic heterocycles. The molecule has 0 saturated carbocycles. The molecule has 0 heterocycles. The first-order valence-corrected chi connectivity index (χ1v) is 5.17. The Balaban J connectivity index is 4.80. The molecule has 18 heavy (non-hydrogen) atoms. The zero-order valence-corrected chi connectivity index (χ0v) is 10.8. The van der Waals surface area contributed by atoms with Crippen LogP contribution in [-0.4, -0.2) is 17.5 Å². The number of hydrogen-bond donors (Lipinski definition) is 0. The molecule has 0 spiro atoms. The van der Waals surface area contributed by atoms with Crippen molar-refractivity contribution >= 4 is 11.9 Å². The number of nitriles is 1. The lowest BCUT2D eigenvalue weighted by atomic mass is 10.1. The molecule has 5 nitrogen and oxygen atoms in total. The highest BCUT2D eigenvalue weighted by atomic mass is 16.8. The van der Waals surface area contributed by atoms with E-state index in [1.807, 2.05) is 0 Å². The molecule has 0 bridgehead atoms. The summed E-state index contributed by atoms with van der Waals surface area (Å²) in [4.78, 5) is 15.7. The molecule has 0 saturated heterocycles. The van der Waals surface area contributed by atoms with Crippen molar-refractivity contribution in [2.45, 2.75) is 26.4 Å². The number of oxime groups is 1. The van der Waals surface area contributed by atoms with Crippen molar-refractivity contribution < 1.29 is 14.4 Å². The van der Waals surface area contributed by atoms with Crippen LogP contribution in [0.1, 0.15) is 20.8 Å². The highest BCUT2D eigenvalue weighted by Crippen LogP contribution is 2.09. The number of carbonyl (C=O) groups is 1. The maximum atomic E-state index is 11.2. The number of rotatable bonds is 4. The Morgan fingerprint density at radius 3 is 2.39 bits per heavy atom. The van der Waals surface area contributed by atoms with Gasteiger partial charge in [-0.3, -0.25) is 4.84 Å². The van der Waals surface area contributed by atoms with E-state index in [2.05, 4.69) is 23.2 Å². The van der Waals surface area contributed by atoms with Crippen molar-refractivity contribution in [1.82, 2.24) is 0 Å². The van der Waals surface area contributed by atoms with Crippen LogP contribution in [0.4, 0.5) is 4.79 Å². The lowest BCUT2D eigenvalue weighted by molar-refractivity contribution is -0.00609. The van der Waals surface area contributed by atoms with Gasteiger partial charge in [0, 0.05) is 5.57 Å². The summed E-state index contributed by atoms with van der Waals surface area (Å²) in [5, 5.41) is 12.3. The van der Waals surface area contributed by atoms with Crippen molar-refractivity contribution in [2.24, 2.45) is 5.16 Å². The Kier molecular flexibility index (Phi) is 6.15. The van der Waals surface area contributed by atoms with Crippen LogP contribution < -0.4 is 0 Å². The molecule has 96 valence electrons. The van der Waals surface area contributed by atoms with Gasteiger partial charge in [-0.25, -0.2) is 4.79 Å². The minimum Gasteiger partial charge on any atom is -0.427 e. The third-order valence-corrected chi connectivity index (χ3v) is 1.50. The van der Waals surface area contributed by atoms with Crippen LogP contribution >= 0.6 is 0 Å². The first-order valence-electron chi connectivity index (χ1n) is 5.17. The maximum Gasteiger partial charge on any atom is 0.535 e. The van der Waals surface area contributed by atoms with Gasteiger partial charge in [0.05, 0.1) is 0 Å². The quantitative estimate of drug-likeness (QED) is 0.252. The highest BCUT2D eigenvalue weighted by molar-refractivity contribution is 6.13. The monoisotopic (exact) mass is 248 g/mol. The molecular formula is C13H16N2O3. The molecule has 0 aliphatic carbocycles. The number of allylic oxidation sites excluding steroid dienone is 4. The summed E-state index contributed by atoms with van der Waals surface area (Å²) in [6, 6.07) is 1.79. The van der Waals surface area contributed by atoms with Gasteiger partial charge < -0.3 is 4.74 Å². The van der Waals surface area contributed by atoms with E-state index in [-0.39, 0.29) is 5.71 Å². The molecule has 0 aliphatic rings. The summed E-state index contributed by atoms with van der Waals surface area (Å²) in [6.07, 6.45) is 3.42. The van der Waals surface area contributed by atoms with Crippen LogP contribution in [0.25, 0.3) is 0 Å². The second-order valence-electron chi connectivity index (χ2n) is 4.17. The lowest BCUT2D eigenvalue weighted by Gasteiger charge is -2.17. The number of carbonyl (C=O) groups excluding carboxylic acids is 1. The average molecular weight is 248 g/mol. The van der Waals surface area contributed by atoms with Crippen molar-refractivity contribution in [3.8, 4) is 6.07 Å². The number of hydrogen-bond acceptors (Lipinski definition) is 5. The third kappa shape index (κ3) is 6.28. The molecule has 0 fully saturated rings. The Labute approximate surface area is 107 Å². The summed E-state index contributed by atoms with van der Waals surface area (Å²) >= 11 is 0. The van der Waals surface area contributed by atoms with Gasteiger partial charge in [-0.2, -0.15) is 5.26 Å². The molecule has 0 amide bonds. The molecule has 0 atom stereocenters. The minimum atomic E-state index is -0.975. The molecule has 0 radical (unpaired) electrons. The van der Waals surface area contributed by atoms with E-state index in [0.29, 0.717) is 5.57 Å². The van der Waals surface area contributed by atoms with Gasteiger partial charge in [-0.1, -0.05) is 36.5 Å². The standard InChI is InChI=1S/C13H16N2O3/c1-6-8-10(7-2)11(9-14)15-18-12(16)17-13(3,4)5/h6-8H,1-2H2,3-5H3/b10-8+,15-11+. The molecule has 0 rings (SSSR count). The molecule has 0 aromatic heterocycles. The summed E-state index contributed by atoms with van der Waals surface area (Å²) in [5.41, 5.74) is -0.371. The highest BCUT2D eigenvalue weighted by Gasteiger charge is 2.18. The van der Waals surface area contributed by atoms with E-state index in [0.717, 1.165) is 0 Å². The maximum absolute atomic E-state index is 11.2.